The van der Waals surface area contributed by atoms with Crippen molar-refractivity contribution in [1.29, 1.82) is 0 Å². The van der Waals surface area contributed by atoms with Crippen LogP contribution < -0.4 is 19.5 Å². The molecule has 54 heavy (non-hydrogen) atoms. The second-order valence-electron chi connectivity index (χ2n) is 15.3. The third kappa shape index (κ3) is 6.61. The van der Waals surface area contributed by atoms with Crippen LogP contribution in [0.3, 0.4) is 0 Å². The molecule has 1 saturated heterocycles. The fourth-order valence-electron chi connectivity index (χ4n) is 8.75. The highest BCUT2D eigenvalue weighted by atomic mass is 35.5. The topological polar surface area (TPSA) is 106 Å². The first-order valence-corrected chi connectivity index (χ1v) is 18.7. The molecule has 3 atom stereocenters. The molecule has 0 bridgehead atoms. The smallest absolute Gasteiger partial charge is 0.421 e. The van der Waals surface area contributed by atoms with Gasteiger partial charge >= 0.3 is 6.18 Å². The number of hydrogen-bond acceptors (Lipinski definition) is 9. The third-order valence-electron chi connectivity index (χ3n) is 11.7. The minimum absolute atomic E-state index is 0.0425. The second kappa shape index (κ2) is 13.8. The van der Waals surface area contributed by atoms with Gasteiger partial charge in [-0.2, -0.15) is 18.2 Å². The van der Waals surface area contributed by atoms with Crippen LogP contribution in [-0.2, 0) is 30.5 Å². The van der Waals surface area contributed by atoms with Crippen molar-refractivity contribution in [3.05, 3.63) is 87.4 Å². The molecule has 8 rings (SSSR count). The molecule has 2 aromatic heterocycles. The number of carbonyl (C=O) groups excluding carboxylic acids is 1. The molecule has 4 aromatic rings. The SMILES string of the molecule is COc1nc(-c2cccc(-c3cccc4c3CC[C@@H]4Oc3nc(OC)c(CN4CC[C@@H]5C[C@@]54C=O)cc3C(F)(F)F)c2Cl)ccc1CNC1CC(C)(O)C1. The van der Waals surface area contributed by atoms with Crippen molar-refractivity contribution in [2.24, 2.45) is 5.92 Å². The average Bonchev–Trinajstić information content (AvgIpc) is 3.56. The standard InChI is InChI=1S/C41H42ClF3N4O5/c1-39(51)18-26(19-39)46-20-23-10-12-33(47-36(23)52-2)31-9-5-8-30(35(31)42)27-6-4-7-29-28(27)11-13-34(29)54-38-32(41(43,44)45)16-24(37(48-38)53-3)21-49-15-14-25-17-40(25,49)22-50/h4-10,12,16,22,25-26,34,46,51H,11,13-15,17-21H2,1-3H3/t25-,26?,34+,39?,40-/m1/s1. The number of alkyl halides is 3. The highest BCUT2D eigenvalue weighted by Gasteiger charge is 2.62. The number of aromatic nitrogens is 2. The van der Waals surface area contributed by atoms with Crippen LogP contribution in [0.25, 0.3) is 22.4 Å². The molecule has 3 fully saturated rings. The highest BCUT2D eigenvalue weighted by Crippen LogP contribution is 2.55. The van der Waals surface area contributed by atoms with Gasteiger partial charge in [0, 0.05) is 41.4 Å². The summed E-state index contributed by atoms with van der Waals surface area (Å²) in [6.45, 7) is 3.13. The van der Waals surface area contributed by atoms with E-state index in [0.29, 0.717) is 60.9 Å². The van der Waals surface area contributed by atoms with Gasteiger partial charge in [-0.1, -0.05) is 54.1 Å². The van der Waals surface area contributed by atoms with Crippen molar-refractivity contribution in [1.82, 2.24) is 20.2 Å². The fraction of sp³-hybridized carbons (Fsp3) is 0.439. The molecule has 3 aliphatic carbocycles. The monoisotopic (exact) mass is 762 g/mol. The molecule has 3 heterocycles. The third-order valence-corrected chi connectivity index (χ3v) is 12.1. The predicted octanol–water partition coefficient (Wildman–Crippen LogP) is 7.73. The van der Waals surface area contributed by atoms with Crippen LogP contribution in [0, 0.1) is 5.92 Å². The molecule has 2 saturated carbocycles. The molecule has 13 heteroatoms. The van der Waals surface area contributed by atoms with E-state index in [4.69, 9.17) is 30.8 Å². The number of piperidine rings is 1. The predicted molar refractivity (Wildman–Crippen MR) is 197 cm³/mol. The minimum atomic E-state index is -4.74. The first kappa shape index (κ1) is 36.7. The van der Waals surface area contributed by atoms with Crippen LogP contribution in [0.4, 0.5) is 13.2 Å². The Balaban J connectivity index is 1.05. The van der Waals surface area contributed by atoms with Crippen LogP contribution in [0.1, 0.15) is 72.9 Å². The molecule has 9 nitrogen and oxygen atoms in total. The summed E-state index contributed by atoms with van der Waals surface area (Å²) in [6.07, 6.45) is -0.553. The van der Waals surface area contributed by atoms with Crippen LogP contribution in [0.2, 0.25) is 5.02 Å². The summed E-state index contributed by atoms with van der Waals surface area (Å²) in [5, 5.41) is 14.0. The van der Waals surface area contributed by atoms with Crippen molar-refractivity contribution in [2.75, 3.05) is 20.8 Å². The molecule has 284 valence electrons. The van der Waals surface area contributed by atoms with Crippen LogP contribution in [0.15, 0.2) is 54.6 Å². The lowest BCUT2D eigenvalue weighted by Crippen LogP contribution is -2.51. The van der Waals surface area contributed by atoms with Gasteiger partial charge < -0.3 is 29.4 Å². The Morgan fingerprint density at radius 3 is 2.39 bits per heavy atom. The number of nitrogens with zero attached hydrogens (tertiary/aromatic N) is 3. The Labute approximate surface area is 316 Å². The van der Waals surface area contributed by atoms with Gasteiger partial charge in [0.25, 0.3) is 0 Å². The van der Waals surface area contributed by atoms with Crippen LogP contribution in [0.5, 0.6) is 17.6 Å². The van der Waals surface area contributed by atoms with Gasteiger partial charge in [-0.3, -0.25) is 4.90 Å². The maximum Gasteiger partial charge on any atom is 0.421 e. The van der Waals surface area contributed by atoms with Crippen molar-refractivity contribution < 1.29 is 37.3 Å². The molecule has 4 aliphatic rings. The van der Waals surface area contributed by atoms with Gasteiger partial charge in [0.1, 0.15) is 18.0 Å². The van der Waals surface area contributed by atoms with Crippen molar-refractivity contribution in [3.63, 3.8) is 0 Å². The van der Waals surface area contributed by atoms with Gasteiger partial charge in [-0.05, 0) is 86.7 Å². The number of methoxy groups -OCH3 is 2. The number of nitrogens with one attached hydrogen (secondary N) is 1. The van der Waals surface area contributed by atoms with Gasteiger partial charge in [0.2, 0.25) is 17.6 Å². The Kier molecular flexibility index (Phi) is 9.39. The molecule has 0 unspecified atom stereocenters. The average molecular weight is 763 g/mol. The summed E-state index contributed by atoms with van der Waals surface area (Å²) in [6, 6.07) is 16.5. The van der Waals surface area contributed by atoms with E-state index in [-0.39, 0.29) is 29.9 Å². The van der Waals surface area contributed by atoms with Crippen molar-refractivity contribution in [3.8, 4) is 40.0 Å². The number of benzene rings is 2. The van der Waals surface area contributed by atoms with E-state index in [1.54, 1.807) is 7.11 Å². The number of carbonyl (C=O) groups is 1. The van der Waals surface area contributed by atoms with E-state index in [0.717, 1.165) is 53.0 Å². The zero-order chi connectivity index (χ0) is 38.0. The quantitative estimate of drug-likeness (QED) is 0.140. The van der Waals surface area contributed by atoms with E-state index in [2.05, 4.69) is 10.3 Å². The maximum atomic E-state index is 14.6. The van der Waals surface area contributed by atoms with E-state index in [1.165, 1.54) is 7.11 Å². The molecule has 0 amide bonds. The number of likely N-dealkylation sites (tertiary alicyclic amines) is 1. The summed E-state index contributed by atoms with van der Waals surface area (Å²) >= 11 is 7.13. The number of hydrogen-bond donors (Lipinski definition) is 2. The summed E-state index contributed by atoms with van der Waals surface area (Å²) in [5.74, 6) is 0.226. The van der Waals surface area contributed by atoms with E-state index < -0.39 is 34.9 Å². The van der Waals surface area contributed by atoms with Crippen LogP contribution in [-0.4, -0.2) is 64.2 Å². The van der Waals surface area contributed by atoms with Crippen LogP contribution >= 0.6 is 11.6 Å². The summed E-state index contributed by atoms with van der Waals surface area (Å²) in [5.41, 5.74) is 3.62. The lowest BCUT2D eigenvalue weighted by molar-refractivity contribution is -0.139. The fourth-order valence-corrected chi connectivity index (χ4v) is 9.07. The zero-order valence-corrected chi connectivity index (χ0v) is 31.1. The van der Waals surface area contributed by atoms with E-state index in [9.17, 15) is 23.1 Å². The molecule has 2 N–H and O–H groups in total. The maximum absolute atomic E-state index is 14.6. The van der Waals surface area contributed by atoms with Gasteiger partial charge in [-0.25, -0.2) is 4.98 Å². The zero-order valence-electron chi connectivity index (χ0n) is 30.3. The molecule has 0 radical (unpaired) electrons. The Morgan fingerprint density at radius 2 is 1.69 bits per heavy atom. The minimum Gasteiger partial charge on any atom is -0.481 e. The van der Waals surface area contributed by atoms with E-state index >= 15 is 0 Å². The van der Waals surface area contributed by atoms with Gasteiger partial charge in [0.05, 0.1) is 36.1 Å². The summed E-state index contributed by atoms with van der Waals surface area (Å²) in [4.78, 5) is 22.9. The number of aldehydes is 1. The first-order chi connectivity index (χ1) is 25.8. The molecule has 0 spiro atoms. The molecular formula is C41H42ClF3N4O5. The number of fused-ring (bicyclic) bond motifs is 2. The van der Waals surface area contributed by atoms with Gasteiger partial charge in [-0.15, -0.1) is 0 Å². The highest BCUT2D eigenvalue weighted by molar-refractivity contribution is 6.36. The normalized spacial score (nSPS) is 25.8. The number of halogens is 4. The Bertz CT molecular complexity index is 2100. The first-order valence-electron chi connectivity index (χ1n) is 18.3. The molecule has 1 aliphatic heterocycles. The van der Waals surface area contributed by atoms with Gasteiger partial charge in [0.15, 0.2) is 0 Å². The number of aliphatic hydroxyl groups is 1. The molecule has 2 aromatic carbocycles. The second-order valence-corrected chi connectivity index (χ2v) is 15.6. The lowest BCUT2D eigenvalue weighted by atomic mass is 9.77. The van der Waals surface area contributed by atoms with Crippen molar-refractivity contribution >= 4 is 17.9 Å². The largest absolute Gasteiger partial charge is 0.481 e. The summed E-state index contributed by atoms with van der Waals surface area (Å²) < 4.78 is 61.1. The number of rotatable bonds is 12. The lowest BCUT2D eigenvalue weighted by Gasteiger charge is -2.41. The Morgan fingerprint density at radius 1 is 0.963 bits per heavy atom. The number of pyridine rings is 2. The number of ether oxygens (including phenoxy) is 3. The summed E-state index contributed by atoms with van der Waals surface area (Å²) in [7, 11) is 2.95. The Hall–Kier alpha value is -4.23. The van der Waals surface area contributed by atoms with Crippen molar-refractivity contribution in [2.45, 2.75) is 88.0 Å². The van der Waals surface area contributed by atoms with E-state index in [1.807, 2.05) is 60.4 Å². The molecular weight excluding hydrogens is 721 g/mol.